The third-order valence-electron chi connectivity index (χ3n) is 2.83. The molecule has 0 saturated carbocycles. The van der Waals surface area contributed by atoms with Crippen molar-refractivity contribution in [1.29, 1.82) is 0 Å². The summed E-state index contributed by atoms with van der Waals surface area (Å²) in [6, 6.07) is 9.78. The predicted octanol–water partition coefficient (Wildman–Crippen LogP) is 3.22. The molecule has 0 bridgehead atoms. The summed E-state index contributed by atoms with van der Waals surface area (Å²) >= 11 is 2.40. The molecule has 17 heavy (non-hydrogen) atoms. The van der Waals surface area contributed by atoms with Crippen molar-refractivity contribution in [3.63, 3.8) is 0 Å². The number of halogens is 1. The fourth-order valence-electron chi connectivity index (χ4n) is 1.90. The number of ether oxygens (including phenoxy) is 1. The van der Waals surface area contributed by atoms with Crippen molar-refractivity contribution in [3.8, 4) is 0 Å². The van der Waals surface area contributed by atoms with Gasteiger partial charge in [0.15, 0.2) is 0 Å². The Morgan fingerprint density at radius 3 is 2.88 bits per heavy atom. The molecule has 4 heteroatoms. The highest BCUT2D eigenvalue weighted by Gasteiger charge is 2.22. The average Bonchev–Trinajstić information content (AvgIpc) is 2.37. The predicted molar refractivity (Wildman–Crippen MR) is 75.2 cm³/mol. The topological polar surface area (TPSA) is 29.5 Å². The van der Waals surface area contributed by atoms with Crippen molar-refractivity contribution in [2.24, 2.45) is 0 Å². The van der Waals surface area contributed by atoms with Gasteiger partial charge in [0.1, 0.15) is 6.61 Å². The van der Waals surface area contributed by atoms with Crippen LogP contribution < -0.4 is 0 Å². The van der Waals surface area contributed by atoms with Gasteiger partial charge in [-0.15, -0.1) is 0 Å². The number of piperidine rings is 1. The summed E-state index contributed by atoms with van der Waals surface area (Å²) in [5, 5.41) is 0. The van der Waals surface area contributed by atoms with E-state index in [2.05, 4.69) is 22.6 Å². The Morgan fingerprint density at radius 2 is 2.18 bits per heavy atom. The fraction of sp³-hybridized carbons (Fsp3) is 0.462. The molecule has 0 radical (unpaired) electrons. The highest BCUT2D eigenvalue weighted by Crippen LogP contribution is 2.18. The zero-order valence-electron chi connectivity index (χ0n) is 9.64. The lowest BCUT2D eigenvalue weighted by Crippen LogP contribution is -2.40. The largest absolute Gasteiger partial charge is 0.445 e. The van der Waals surface area contributed by atoms with E-state index in [0.717, 1.165) is 25.1 Å². The van der Waals surface area contributed by atoms with Crippen LogP contribution in [0.3, 0.4) is 0 Å². The number of amides is 1. The molecule has 1 amide bonds. The van der Waals surface area contributed by atoms with Crippen LogP contribution in [0.15, 0.2) is 30.3 Å². The van der Waals surface area contributed by atoms with Crippen molar-refractivity contribution < 1.29 is 9.53 Å². The van der Waals surface area contributed by atoms with Gasteiger partial charge in [0, 0.05) is 17.0 Å². The Labute approximate surface area is 115 Å². The summed E-state index contributed by atoms with van der Waals surface area (Å²) in [6.45, 7) is 2.00. The first-order valence-corrected chi connectivity index (χ1v) is 7.10. The van der Waals surface area contributed by atoms with Gasteiger partial charge in [-0.3, -0.25) is 0 Å². The van der Waals surface area contributed by atoms with Crippen LogP contribution >= 0.6 is 22.6 Å². The highest BCUT2D eigenvalue weighted by atomic mass is 127. The molecule has 3 nitrogen and oxygen atoms in total. The first-order valence-electron chi connectivity index (χ1n) is 5.85. The molecule has 0 spiro atoms. The zero-order valence-corrected chi connectivity index (χ0v) is 11.8. The van der Waals surface area contributed by atoms with Crippen LogP contribution in [0, 0.1) is 0 Å². The monoisotopic (exact) mass is 345 g/mol. The van der Waals surface area contributed by atoms with Gasteiger partial charge in [-0.2, -0.15) is 0 Å². The molecular weight excluding hydrogens is 329 g/mol. The van der Waals surface area contributed by atoms with Crippen molar-refractivity contribution >= 4 is 28.7 Å². The van der Waals surface area contributed by atoms with E-state index >= 15 is 0 Å². The number of rotatable bonds is 2. The van der Waals surface area contributed by atoms with E-state index in [1.165, 1.54) is 6.42 Å². The van der Waals surface area contributed by atoms with Crippen molar-refractivity contribution in [3.05, 3.63) is 35.9 Å². The lowest BCUT2D eigenvalue weighted by Gasteiger charge is -2.29. The summed E-state index contributed by atoms with van der Waals surface area (Å²) in [4.78, 5) is 13.6. The van der Waals surface area contributed by atoms with E-state index in [9.17, 15) is 4.79 Å². The van der Waals surface area contributed by atoms with Crippen molar-refractivity contribution in [2.45, 2.75) is 23.4 Å². The summed E-state index contributed by atoms with van der Waals surface area (Å²) in [6.07, 6.45) is 2.09. The minimum absolute atomic E-state index is 0.185. The number of alkyl halides is 1. The SMILES string of the molecule is O=C(OCc1ccccc1)N1CCC[C@@H](I)C1. The van der Waals surface area contributed by atoms with Crippen LogP contribution in [0.2, 0.25) is 0 Å². The Balaban J connectivity index is 1.81. The van der Waals surface area contributed by atoms with Crippen LogP contribution in [0.5, 0.6) is 0 Å². The Bertz CT molecular complexity index is 369. The molecule has 1 aromatic rings. The second-order valence-corrected chi connectivity index (χ2v) is 5.99. The fourth-order valence-corrected chi connectivity index (χ4v) is 2.82. The van der Waals surface area contributed by atoms with Gasteiger partial charge in [0.2, 0.25) is 0 Å². The third-order valence-corrected chi connectivity index (χ3v) is 3.84. The Morgan fingerprint density at radius 1 is 1.41 bits per heavy atom. The van der Waals surface area contributed by atoms with Crippen LogP contribution in [-0.2, 0) is 11.3 Å². The lowest BCUT2D eigenvalue weighted by molar-refractivity contribution is 0.0910. The molecule has 1 aliphatic rings. The molecule has 2 rings (SSSR count). The van der Waals surface area contributed by atoms with Crippen molar-refractivity contribution in [2.75, 3.05) is 13.1 Å². The average molecular weight is 345 g/mol. The maximum atomic E-state index is 11.8. The summed E-state index contributed by atoms with van der Waals surface area (Å²) < 4.78 is 5.86. The summed E-state index contributed by atoms with van der Waals surface area (Å²) in [5.41, 5.74) is 1.03. The molecular formula is C13H16INO2. The number of benzene rings is 1. The van der Waals surface area contributed by atoms with Crippen LogP contribution in [0.1, 0.15) is 18.4 Å². The van der Waals surface area contributed by atoms with Gasteiger partial charge in [-0.1, -0.05) is 52.9 Å². The Kier molecular flexibility index (Phi) is 4.65. The van der Waals surface area contributed by atoms with E-state index in [4.69, 9.17) is 4.74 Å². The van der Waals surface area contributed by atoms with E-state index in [1.807, 2.05) is 35.2 Å². The van der Waals surface area contributed by atoms with Gasteiger partial charge < -0.3 is 9.64 Å². The second kappa shape index (κ2) is 6.23. The van der Waals surface area contributed by atoms with Crippen LogP contribution in [0.25, 0.3) is 0 Å². The van der Waals surface area contributed by atoms with E-state index in [-0.39, 0.29) is 6.09 Å². The third kappa shape index (κ3) is 3.87. The number of likely N-dealkylation sites (tertiary alicyclic amines) is 1. The molecule has 1 aromatic carbocycles. The zero-order chi connectivity index (χ0) is 12.1. The van der Waals surface area contributed by atoms with Crippen molar-refractivity contribution in [1.82, 2.24) is 4.90 Å². The molecule has 92 valence electrons. The quantitative estimate of drug-likeness (QED) is 0.609. The first-order chi connectivity index (χ1) is 8.25. The molecule has 1 saturated heterocycles. The number of nitrogens with zero attached hydrogens (tertiary/aromatic N) is 1. The number of hydrogen-bond donors (Lipinski definition) is 0. The van der Waals surface area contributed by atoms with E-state index < -0.39 is 0 Å². The van der Waals surface area contributed by atoms with Gasteiger partial charge in [0.25, 0.3) is 0 Å². The molecule has 0 unspecified atom stereocenters. The number of carbonyl (C=O) groups is 1. The Hall–Kier alpha value is -0.780. The van der Waals surface area contributed by atoms with Gasteiger partial charge in [-0.25, -0.2) is 4.79 Å². The van der Waals surface area contributed by atoms with Crippen LogP contribution in [0.4, 0.5) is 4.79 Å². The standard InChI is InChI=1S/C13H16INO2/c14-12-7-4-8-15(9-12)13(16)17-10-11-5-2-1-3-6-11/h1-3,5-6,12H,4,7-10H2/t12-/m1/s1. The second-order valence-electron chi connectivity index (χ2n) is 4.23. The molecule has 1 fully saturated rings. The molecule has 0 aromatic heterocycles. The maximum Gasteiger partial charge on any atom is 0.410 e. The van der Waals surface area contributed by atoms with Gasteiger partial charge >= 0.3 is 6.09 Å². The van der Waals surface area contributed by atoms with E-state index in [1.54, 1.807) is 0 Å². The maximum absolute atomic E-state index is 11.8. The molecule has 1 atom stereocenters. The molecule has 1 heterocycles. The highest BCUT2D eigenvalue weighted by molar-refractivity contribution is 14.1. The minimum atomic E-state index is -0.185. The molecule has 0 N–H and O–H groups in total. The number of carbonyl (C=O) groups excluding carboxylic acids is 1. The lowest BCUT2D eigenvalue weighted by atomic mass is 10.1. The smallest absolute Gasteiger partial charge is 0.410 e. The molecule has 1 aliphatic heterocycles. The summed E-state index contributed by atoms with van der Waals surface area (Å²) in [7, 11) is 0. The van der Waals surface area contributed by atoms with Gasteiger partial charge in [-0.05, 0) is 18.4 Å². The van der Waals surface area contributed by atoms with Gasteiger partial charge in [0.05, 0.1) is 0 Å². The van der Waals surface area contributed by atoms with Crippen LogP contribution in [-0.4, -0.2) is 28.0 Å². The normalized spacial score (nSPS) is 20.1. The number of hydrogen-bond acceptors (Lipinski definition) is 2. The molecule has 0 aliphatic carbocycles. The van der Waals surface area contributed by atoms with E-state index in [0.29, 0.717) is 10.5 Å². The summed E-state index contributed by atoms with van der Waals surface area (Å²) in [5.74, 6) is 0. The first kappa shape index (κ1) is 12.7. The minimum Gasteiger partial charge on any atom is -0.445 e.